The van der Waals surface area contributed by atoms with Gasteiger partial charge in [0.15, 0.2) is 0 Å². The van der Waals surface area contributed by atoms with Crippen LogP contribution in [-0.4, -0.2) is 16.2 Å². The summed E-state index contributed by atoms with van der Waals surface area (Å²) in [5, 5.41) is 17.8. The minimum atomic E-state index is -0.888. The van der Waals surface area contributed by atoms with E-state index < -0.39 is 5.97 Å². The molecular formula is C13H16N2O3S. The van der Waals surface area contributed by atoms with Crippen LogP contribution in [0.25, 0.3) is 0 Å². The van der Waals surface area contributed by atoms with Crippen LogP contribution in [-0.2, 0) is 6.54 Å². The first-order valence-electron chi connectivity index (χ1n) is 5.96. The third-order valence-electron chi connectivity index (χ3n) is 3.00. The van der Waals surface area contributed by atoms with Gasteiger partial charge < -0.3 is 14.9 Å². The molecule has 0 saturated carbocycles. The molecule has 102 valence electrons. The highest BCUT2D eigenvalue weighted by Gasteiger charge is 2.16. The minimum absolute atomic E-state index is 0.113. The van der Waals surface area contributed by atoms with Crippen molar-refractivity contribution in [2.45, 2.75) is 33.4 Å². The van der Waals surface area contributed by atoms with Crippen LogP contribution in [0.15, 0.2) is 16.0 Å². The number of carbonyl (C=O) groups is 1. The first-order valence-corrected chi connectivity index (χ1v) is 6.84. The van der Waals surface area contributed by atoms with Gasteiger partial charge in [-0.2, -0.15) is 0 Å². The molecule has 2 aromatic rings. The third kappa shape index (κ3) is 3.02. The Balaban J connectivity index is 2.00. The number of hydrogen-bond donors (Lipinski definition) is 2. The maximum absolute atomic E-state index is 10.8. The van der Waals surface area contributed by atoms with E-state index >= 15 is 0 Å². The van der Waals surface area contributed by atoms with Gasteiger partial charge in [0.2, 0.25) is 0 Å². The highest BCUT2D eigenvalue weighted by atomic mass is 32.1. The Bertz CT molecular complexity index is 569. The molecule has 2 heterocycles. The van der Waals surface area contributed by atoms with Gasteiger partial charge in [-0.3, -0.25) is 0 Å². The summed E-state index contributed by atoms with van der Waals surface area (Å²) in [6.07, 6.45) is 0. The fourth-order valence-electron chi connectivity index (χ4n) is 2.05. The van der Waals surface area contributed by atoms with E-state index in [0.29, 0.717) is 12.1 Å². The summed E-state index contributed by atoms with van der Waals surface area (Å²) in [5.74, 6) is -0.0730. The van der Waals surface area contributed by atoms with Crippen LogP contribution in [0.5, 0.6) is 0 Å². The van der Waals surface area contributed by atoms with E-state index in [1.54, 1.807) is 11.4 Å². The maximum Gasteiger partial charge on any atom is 0.336 e. The van der Waals surface area contributed by atoms with E-state index in [-0.39, 0.29) is 6.04 Å². The van der Waals surface area contributed by atoms with Crippen molar-refractivity contribution in [1.82, 2.24) is 10.5 Å². The van der Waals surface area contributed by atoms with Crippen LogP contribution in [0.4, 0.5) is 0 Å². The number of carboxylic acids is 1. The lowest BCUT2D eigenvalue weighted by Crippen LogP contribution is -2.18. The zero-order valence-corrected chi connectivity index (χ0v) is 11.9. The topological polar surface area (TPSA) is 75.4 Å². The molecular weight excluding hydrogens is 264 g/mol. The molecule has 0 aromatic carbocycles. The molecule has 0 amide bonds. The summed E-state index contributed by atoms with van der Waals surface area (Å²) in [6, 6.07) is 1.81. The van der Waals surface area contributed by atoms with Crippen molar-refractivity contribution in [3.8, 4) is 0 Å². The second kappa shape index (κ2) is 5.54. The van der Waals surface area contributed by atoms with Crippen LogP contribution in [0.3, 0.4) is 0 Å². The average Bonchev–Trinajstić information content (AvgIpc) is 2.94. The lowest BCUT2D eigenvalue weighted by atomic mass is 10.1. The van der Waals surface area contributed by atoms with Crippen molar-refractivity contribution >= 4 is 17.3 Å². The Hall–Kier alpha value is -1.66. The van der Waals surface area contributed by atoms with Gasteiger partial charge in [-0.05, 0) is 26.8 Å². The predicted molar refractivity (Wildman–Crippen MR) is 72.5 cm³/mol. The molecule has 2 rings (SSSR count). The number of hydrogen-bond acceptors (Lipinski definition) is 5. The monoisotopic (exact) mass is 280 g/mol. The Labute approximate surface area is 115 Å². The second-order valence-electron chi connectivity index (χ2n) is 4.45. The third-order valence-corrected chi connectivity index (χ3v) is 3.94. The van der Waals surface area contributed by atoms with Gasteiger partial charge in [0.05, 0.1) is 11.3 Å². The molecule has 2 aromatic heterocycles. The summed E-state index contributed by atoms with van der Waals surface area (Å²) < 4.78 is 5.14. The predicted octanol–water partition coefficient (Wildman–Crippen LogP) is 2.90. The van der Waals surface area contributed by atoms with Crippen LogP contribution in [0.1, 0.15) is 45.2 Å². The number of nitrogens with zero attached hydrogens (tertiary/aromatic N) is 1. The van der Waals surface area contributed by atoms with Crippen molar-refractivity contribution in [2.24, 2.45) is 0 Å². The largest absolute Gasteiger partial charge is 0.478 e. The first kappa shape index (κ1) is 13.8. The number of aryl methyl sites for hydroxylation is 2. The molecule has 5 nitrogen and oxygen atoms in total. The zero-order chi connectivity index (χ0) is 14.0. The molecule has 1 atom stereocenters. The number of aromatic carboxylic acids is 1. The van der Waals surface area contributed by atoms with Crippen LogP contribution < -0.4 is 5.32 Å². The van der Waals surface area contributed by atoms with Gasteiger partial charge >= 0.3 is 5.97 Å². The average molecular weight is 280 g/mol. The summed E-state index contributed by atoms with van der Waals surface area (Å²) in [6.45, 7) is 6.47. The lowest BCUT2D eigenvalue weighted by Gasteiger charge is -2.12. The summed E-state index contributed by atoms with van der Waals surface area (Å²) in [5.41, 5.74) is 2.29. The van der Waals surface area contributed by atoms with E-state index in [9.17, 15) is 4.79 Å². The van der Waals surface area contributed by atoms with E-state index in [1.165, 1.54) is 11.3 Å². The molecule has 6 heteroatoms. The molecule has 0 bridgehead atoms. The van der Waals surface area contributed by atoms with E-state index in [1.807, 2.05) is 20.8 Å². The lowest BCUT2D eigenvalue weighted by molar-refractivity contribution is 0.0697. The number of nitrogens with one attached hydrogen (secondary N) is 1. The highest BCUT2D eigenvalue weighted by molar-refractivity contribution is 7.10. The summed E-state index contributed by atoms with van der Waals surface area (Å²) in [4.78, 5) is 11.8. The Kier molecular flexibility index (Phi) is 4.01. The molecule has 0 fully saturated rings. The van der Waals surface area contributed by atoms with Gasteiger partial charge in [-0.15, -0.1) is 11.3 Å². The van der Waals surface area contributed by atoms with E-state index in [4.69, 9.17) is 9.63 Å². The molecule has 0 aliphatic heterocycles. The second-order valence-corrected chi connectivity index (χ2v) is 5.44. The quantitative estimate of drug-likeness (QED) is 0.880. The van der Waals surface area contributed by atoms with Crippen molar-refractivity contribution in [2.75, 3.05) is 0 Å². The van der Waals surface area contributed by atoms with Crippen molar-refractivity contribution < 1.29 is 14.4 Å². The fraction of sp³-hybridized carbons (Fsp3) is 0.385. The molecule has 19 heavy (non-hydrogen) atoms. The van der Waals surface area contributed by atoms with Crippen LogP contribution >= 0.6 is 11.3 Å². The Morgan fingerprint density at radius 1 is 1.58 bits per heavy atom. The smallest absolute Gasteiger partial charge is 0.336 e. The molecule has 2 N–H and O–H groups in total. The van der Waals surface area contributed by atoms with E-state index in [0.717, 1.165) is 21.9 Å². The number of rotatable bonds is 5. The molecule has 0 saturated heterocycles. The highest BCUT2D eigenvalue weighted by Crippen LogP contribution is 2.22. The number of carboxylic acid groups (broad SMARTS) is 1. The van der Waals surface area contributed by atoms with Gasteiger partial charge in [-0.25, -0.2) is 4.79 Å². The standard InChI is InChI=1S/C13H16N2O3S/c1-7(12-8(2)15-18-9(12)3)14-5-11-4-10(6-19-11)13(16)17/h4,6-7,14H,5H2,1-3H3,(H,16,17). The SMILES string of the molecule is Cc1noc(C)c1C(C)NCc1cc(C(=O)O)cs1. The molecule has 0 aliphatic carbocycles. The van der Waals surface area contributed by atoms with E-state index in [2.05, 4.69) is 10.5 Å². The van der Waals surface area contributed by atoms with Gasteiger partial charge in [0.25, 0.3) is 0 Å². The minimum Gasteiger partial charge on any atom is -0.478 e. The van der Waals surface area contributed by atoms with Crippen molar-refractivity contribution in [1.29, 1.82) is 0 Å². The van der Waals surface area contributed by atoms with Crippen LogP contribution in [0, 0.1) is 13.8 Å². The fourth-order valence-corrected chi connectivity index (χ4v) is 2.86. The number of thiophene rings is 1. The molecule has 0 spiro atoms. The Morgan fingerprint density at radius 3 is 2.84 bits per heavy atom. The van der Waals surface area contributed by atoms with Gasteiger partial charge in [0, 0.05) is 28.4 Å². The van der Waals surface area contributed by atoms with Gasteiger partial charge in [-0.1, -0.05) is 5.16 Å². The summed E-state index contributed by atoms with van der Waals surface area (Å²) in [7, 11) is 0. The molecule has 1 unspecified atom stereocenters. The molecule has 0 aliphatic rings. The van der Waals surface area contributed by atoms with Gasteiger partial charge in [0.1, 0.15) is 5.76 Å². The normalized spacial score (nSPS) is 12.6. The Morgan fingerprint density at radius 2 is 2.32 bits per heavy atom. The van der Waals surface area contributed by atoms with Crippen molar-refractivity contribution in [3.05, 3.63) is 38.9 Å². The summed E-state index contributed by atoms with van der Waals surface area (Å²) >= 11 is 1.44. The zero-order valence-electron chi connectivity index (χ0n) is 11.1. The van der Waals surface area contributed by atoms with Crippen molar-refractivity contribution in [3.63, 3.8) is 0 Å². The van der Waals surface area contributed by atoms with Crippen LogP contribution in [0.2, 0.25) is 0 Å². The maximum atomic E-state index is 10.8. The first-order chi connectivity index (χ1) is 8.99. The number of aromatic nitrogens is 1. The molecule has 0 radical (unpaired) electrons.